The Hall–Kier alpha value is -3.23. The minimum Gasteiger partial charge on any atom is -0.447 e. The molecule has 2 N–H and O–H groups in total. The molecule has 3 aromatic heterocycles. The molecule has 0 aromatic carbocycles. The highest BCUT2D eigenvalue weighted by Crippen LogP contribution is 2.53. The number of hydrogen-bond donors (Lipinski definition) is 2. The summed E-state index contributed by atoms with van der Waals surface area (Å²) in [5.74, 6) is 0.549. The van der Waals surface area contributed by atoms with Crippen LogP contribution in [0.15, 0.2) is 16.9 Å². The van der Waals surface area contributed by atoms with E-state index in [1.165, 1.54) is 6.39 Å². The molecule has 0 radical (unpaired) electrons. The SMILES string of the molecule is CNC(=O)c1ncoc1C1C2CC1N(C(=O)c1cc(C)nc3n[nH]c(C)c13)C2. The minimum atomic E-state index is -0.270. The number of nitrogens with zero attached hydrogens (tertiary/aromatic N) is 4. The van der Waals surface area contributed by atoms with Crippen LogP contribution in [0.4, 0.5) is 0 Å². The Morgan fingerprint density at radius 1 is 1.36 bits per heavy atom. The van der Waals surface area contributed by atoms with E-state index in [4.69, 9.17) is 4.42 Å². The maximum absolute atomic E-state index is 13.4. The second kappa shape index (κ2) is 5.88. The van der Waals surface area contributed by atoms with Crippen LogP contribution in [0.2, 0.25) is 0 Å². The summed E-state index contributed by atoms with van der Waals surface area (Å²) in [6.45, 7) is 4.39. The lowest BCUT2D eigenvalue weighted by Crippen LogP contribution is -2.40. The van der Waals surface area contributed by atoms with Crippen molar-refractivity contribution in [2.45, 2.75) is 32.2 Å². The predicted molar refractivity (Wildman–Crippen MR) is 98.9 cm³/mol. The standard InChI is InChI=1S/C19H20N6O3/c1-8-4-11(13-9(2)23-24-17(13)22-8)19(27)25-6-10-5-12(25)14(10)16-15(18(26)20-3)21-7-28-16/h4,7,10,12,14H,5-6H2,1-3H3,(H,20,26)(H,22,23,24). The van der Waals surface area contributed by atoms with E-state index >= 15 is 0 Å². The molecule has 3 atom stereocenters. The van der Waals surface area contributed by atoms with Gasteiger partial charge in [0.2, 0.25) is 0 Å². The van der Waals surface area contributed by atoms with Crippen molar-refractivity contribution in [3.8, 4) is 0 Å². The summed E-state index contributed by atoms with van der Waals surface area (Å²) >= 11 is 0. The van der Waals surface area contributed by atoms with Crippen molar-refractivity contribution in [1.29, 1.82) is 0 Å². The van der Waals surface area contributed by atoms with Crippen LogP contribution in [0.5, 0.6) is 0 Å². The van der Waals surface area contributed by atoms with Gasteiger partial charge >= 0.3 is 0 Å². The van der Waals surface area contributed by atoms with Gasteiger partial charge in [-0.1, -0.05) is 0 Å². The lowest BCUT2D eigenvalue weighted by Gasteiger charge is -2.35. The number of pyridine rings is 1. The minimum absolute atomic E-state index is 0.00243. The molecule has 9 heteroatoms. The molecule has 2 bridgehead atoms. The van der Waals surface area contributed by atoms with Crippen LogP contribution in [0.1, 0.15) is 50.3 Å². The first-order chi connectivity index (χ1) is 13.5. The maximum Gasteiger partial charge on any atom is 0.273 e. The molecule has 2 saturated heterocycles. The van der Waals surface area contributed by atoms with Gasteiger partial charge in [-0.2, -0.15) is 5.10 Å². The molecule has 5 heterocycles. The van der Waals surface area contributed by atoms with Crippen LogP contribution >= 0.6 is 0 Å². The smallest absolute Gasteiger partial charge is 0.273 e. The molecule has 3 aromatic rings. The monoisotopic (exact) mass is 380 g/mol. The quantitative estimate of drug-likeness (QED) is 0.712. The fourth-order valence-corrected chi connectivity index (χ4v) is 4.65. The third-order valence-electron chi connectivity index (χ3n) is 5.96. The number of amides is 2. The van der Waals surface area contributed by atoms with Gasteiger partial charge < -0.3 is 14.6 Å². The Labute approximate surface area is 160 Å². The van der Waals surface area contributed by atoms with Crippen LogP contribution in [0.3, 0.4) is 0 Å². The summed E-state index contributed by atoms with van der Waals surface area (Å²) in [5, 5.41) is 10.5. The molecule has 3 unspecified atom stereocenters. The Balaban J connectivity index is 1.49. The number of aromatic amines is 1. The van der Waals surface area contributed by atoms with Crippen molar-refractivity contribution < 1.29 is 14.0 Å². The van der Waals surface area contributed by atoms with Gasteiger partial charge in [-0.25, -0.2) is 9.97 Å². The van der Waals surface area contributed by atoms with Gasteiger partial charge in [0.1, 0.15) is 5.76 Å². The van der Waals surface area contributed by atoms with Gasteiger partial charge in [-0.05, 0) is 32.3 Å². The second-order valence-electron chi connectivity index (χ2n) is 7.55. The molecule has 6 rings (SSSR count). The number of carbonyl (C=O) groups excluding carboxylic acids is 2. The Morgan fingerprint density at radius 3 is 2.96 bits per heavy atom. The Morgan fingerprint density at radius 2 is 2.18 bits per heavy atom. The summed E-state index contributed by atoms with van der Waals surface area (Å²) in [4.78, 5) is 35.9. The third-order valence-corrected chi connectivity index (χ3v) is 5.96. The molecule has 0 spiro atoms. The van der Waals surface area contributed by atoms with E-state index in [0.717, 1.165) is 23.2 Å². The summed E-state index contributed by atoms with van der Waals surface area (Å²) in [6.07, 6.45) is 2.20. The first kappa shape index (κ1) is 16.9. The molecule has 2 aliphatic heterocycles. The fraction of sp³-hybridized carbons (Fsp3) is 0.421. The number of oxazole rings is 1. The van der Waals surface area contributed by atoms with Gasteiger partial charge in [0.25, 0.3) is 11.8 Å². The lowest BCUT2D eigenvalue weighted by atomic mass is 9.72. The fourth-order valence-electron chi connectivity index (χ4n) is 4.65. The van der Waals surface area contributed by atoms with Crippen LogP contribution in [0, 0.1) is 19.8 Å². The number of fused-ring (bicyclic) bond motifs is 2. The largest absolute Gasteiger partial charge is 0.447 e. The summed E-state index contributed by atoms with van der Waals surface area (Å²) in [5.41, 5.74) is 3.06. The Bertz CT molecular complexity index is 1120. The average molecular weight is 380 g/mol. The number of hydrogen-bond acceptors (Lipinski definition) is 6. The number of H-pyrrole nitrogens is 1. The van der Waals surface area contributed by atoms with Crippen molar-refractivity contribution in [2.75, 3.05) is 13.6 Å². The first-order valence-electron chi connectivity index (χ1n) is 9.28. The first-order valence-corrected chi connectivity index (χ1v) is 9.28. The van der Waals surface area contributed by atoms with Crippen molar-refractivity contribution in [2.24, 2.45) is 5.92 Å². The molecule has 1 aliphatic carbocycles. The van der Waals surface area contributed by atoms with Gasteiger partial charge in [-0.3, -0.25) is 14.7 Å². The molecular formula is C19H20N6O3. The highest BCUT2D eigenvalue weighted by atomic mass is 16.3. The van der Waals surface area contributed by atoms with E-state index in [9.17, 15) is 9.59 Å². The van der Waals surface area contributed by atoms with Gasteiger partial charge in [0, 0.05) is 36.9 Å². The zero-order chi connectivity index (χ0) is 19.6. The van der Waals surface area contributed by atoms with Crippen molar-refractivity contribution in [3.63, 3.8) is 0 Å². The van der Waals surface area contributed by atoms with Crippen LogP contribution in [-0.4, -0.2) is 56.5 Å². The lowest BCUT2D eigenvalue weighted by molar-refractivity contribution is 0.0731. The summed E-state index contributed by atoms with van der Waals surface area (Å²) < 4.78 is 5.57. The number of aryl methyl sites for hydroxylation is 2. The predicted octanol–water partition coefficient (Wildman–Crippen LogP) is 1.55. The summed E-state index contributed by atoms with van der Waals surface area (Å²) in [6, 6.07) is 1.83. The van der Waals surface area contributed by atoms with Gasteiger partial charge in [0.05, 0.1) is 10.9 Å². The van der Waals surface area contributed by atoms with E-state index in [0.29, 0.717) is 29.2 Å². The molecule has 2 amide bonds. The summed E-state index contributed by atoms with van der Waals surface area (Å²) in [7, 11) is 1.57. The van der Waals surface area contributed by atoms with E-state index in [2.05, 4.69) is 25.5 Å². The Kier molecular flexibility index (Phi) is 3.55. The molecule has 3 aliphatic rings. The molecule has 144 valence electrons. The van der Waals surface area contributed by atoms with E-state index in [1.54, 1.807) is 7.05 Å². The van der Waals surface area contributed by atoms with E-state index < -0.39 is 0 Å². The van der Waals surface area contributed by atoms with Crippen molar-refractivity contribution in [3.05, 3.63) is 40.9 Å². The van der Waals surface area contributed by atoms with Crippen LogP contribution in [0.25, 0.3) is 11.0 Å². The van der Waals surface area contributed by atoms with Crippen molar-refractivity contribution >= 4 is 22.8 Å². The average Bonchev–Trinajstić information content (AvgIpc) is 3.43. The maximum atomic E-state index is 13.4. The highest BCUT2D eigenvalue weighted by molar-refractivity contribution is 6.06. The molecule has 3 fully saturated rings. The normalized spacial score (nSPS) is 23.1. The highest BCUT2D eigenvalue weighted by Gasteiger charge is 2.56. The van der Waals surface area contributed by atoms with Gasteiger partial charge in [-0.15, -0.1) is 0 Å². The molecular weight excluding hydrogens is 360 g/mol. The zero-order valence-electron chi connectivity index (χ0n) is 15.8. The number of rotatable bonds is 3. The van der Waals surface area contributed by atoms with E-state index in [-0.39, 0.29) is 29.7 Å². The molecule has 1 saturated carbocycles. The topological polar surface area (TPSA) is 117 Å². The zero-order valence-corrected chi connectivity index (χ0v) is 15.8. The van der Waals surface area contributed by atoms with Gasteiger partial charge in [0.15, 0.2) is 17.7 Å². The third kappa shape index (κ3) is 2.22. The second-order valence-corrected chi connectivity index (χ2v) is 7.55. The van der Waals surface area contributed by atoms with Crippen molar-refractivity contribution in [1.82, 2.24) is 30.4 Å². The van der Waals surface area contributed by atoms with E-state index in [1.807, 2.05) is 24.8 Å². The molecule has 28 heavy (non-hydrogen) atoms. The van der Waals surface area contributed by atoms with Crippen LogP contribution in [-0.2, 0) is 0 Å². The number of nitrogens with one attached hydrogen (secondary N) is 2. The number of carbonyl (C=O) groups is 2. The molecule has 9 nitrogen and oxygen atoms in total. The van der Waals surface area contributed by atoms with Crippen LogP contribution < -0.4 is 5.32 Å². The number of aromatic nitrogens is 4.